The van der Waals surface area contributed by atoms with Gasteiger partial charge in [0.1, 0.15) is 0 Å². The lowest BCUT2D eigenvalue weighted by Crippen LogP contribution is -2.25. The van der Waals surface area contributed by atoms with Crippen molar-refractivity contribution in [3.8, 4) is 0 Å². The summed E-state index contributed by atoms with van der Waals surface area (Å²) < 4.78 is 5.80. The number of nitrogens with one attached hydrogen (secondary N) is 1. The summed E-state index contributed by atoms with van der Waals surface area (Å²) in [5.41, 5.74) is 1.61. The van der Waals surface area contributed by atoms with Gasteiger partial charge < -0.3 is 10.1 Å². The van der Waals surface area contributed by atoms with E-state index in [1.165, 1.54) is 43.4 Å². The minimum Gasteiger partial charge on any atom is -0.379 e. The van der Waals surface area contributed by atoms with Crippen LogP contribution in [0.15, 0.2) is 6.07 Å². The van der Waals surface area contributed by atoms with Crippen molar-refractivity contribution in [3.05, 3.63) is 21.4 Å². The predicted octanol–water partition coefficient (Wildman–Crippen LogP) is 4.48. The van der Waals surface area contributed by atoms with Crippen LogP contribution >= 0.6 is 11.3 Å². The molecule has 1 atom stereocenters. The zero-order valence-electron chi connectivity index (χ0n) is 13.0. The van der Waals surface area contributed by atoms with Gasteiger partial charge in [0, 0.05) is 16.4 Å². The molecule has 1 unspecified atom stereocenters. The van der Waals surface area contributed by atoms with Gasteiger partial charge in [-0.15, -0.1) is 11.3 Å². The molecule has 2 nitrogen and oxygen atoms in total. The highest BCUT2D eigenvalue weighted by Crippen LogP contribution is 2.32. The third kappa shape index (κ3) is 4.57. The van der Waals surface area contributed by atoms with E-state index in [0.717, 1.165) is 26.2 Å². The maximum atomic E-state index is 5.80. The Kier molecular flexibility index (Phi) is 7.05. The summed E-state index contributed by atoms with van der Waals surface area (Å²) >= 11 is 2.02. The Balaban J connectivity index is 2.02. The van der Waals surface area contributed by atoms with Crippen molar-refractivity contribution in [3.63, 3.8) is 0 Å². The maximum absolute atomic E-state index is 5.80. The maximum Gasteiger partial charge on any atom is 0.0669 e. The molecule has 1 N–H and O–H groups in total. The zero-order valence-corrected chi connectivity index (χ0v) is 13.9. The number of hydrogen-bond donors (Lipinski definition) is 1. The van der Waals surface area contributed by atoms with E-state index < -0.39 is 0 Å². The summed E-state index contributed by atoms with van der Waals surface area (Å²) in [4.78, 5) is 3.12. The molecule has 0 bridgehead atoms. The van der Waals surface area contributed by atoms with Crippen molar-refractivity contribution in [2.24, 2.45) is 0 Å². The van der Waals surface area contributed by atoms with Crippen LogP contribution < -0.4 is 5.32 Å². The number of ether oxygens (including phenoxy) is 1. The van der Waals surface area contributed by atoms with E-state index in [9.17, 15) is 0 Å². The van der Waals surface area contributed by atoms with E-state index >= 15 is 0 Å². The van der Waals surface area contributed by atoms with Crippen molar-refractivity contribution < 1.29 is 4.74 Å². The second-order valence-electron chi connectivity index (χ2n) is 5.74. The van der Waals surface area contributed by atoms with Crippen LogP contribution in [0.5, 0.6) is 0 Å². The molecule has 1 heterocycles. The average Bonchev–Trinajstić information content (AvgIpc) is 2.73. The molecule has 2 rings (SSSR count). The molecule has 0 amide bonds. The van der Waals surface area contributed by atoms with Gasteiger partial charge >= 0.3 is 0 Å². The van der Waals surface area contributed by atoms with Crippen LogP contribution in [0.3, 0.4) is 0 Å². The summed E-state index contributed by atoms with van der Waals surface area (Å²) in [7, 11) is 0. The first-order chi connectivity index (χ1) is 9.85. The zero-order chi connectivity index (χ0) is 14.2. The molecule has 3 heteroatoms. The largest absolute Gasteiger partial charge is 0.379 e. The molecule has 1 aromatic rings. The third-order valence-electron chi connectivity index (χ3n) is 3.88. The van der Waals surface area contributed by atoms with Crippen molar-refractivity contribution in [2.75, 3.05) is 19.8 Å². The predicted molar refractivity (Wildman–Crippen MR) is 87.7 cm³/mol. The highest BCUT2D eigenvalue weighted by Gasteiger charge is 2.18. The molecule has 0 radical (unpaired) electrons. The van der Waals surface area contributed by atoms with Crippen LogP contribution in [-0.4, -0.2) is 19.8 Å². The number of thiophene rings is 1. The topological polar surface area (TPSA) is 21.3 Å². The number of rotatable bonds is 8. The summed E-state index contributed by atoms with van der Waals surface area (Å²) in [6, 6.07) is 2.84. The van der Waals surface area contributed by atoms with Gasteiger partial charge in [-0.05, 0) is 56.7 Å². The van der Waals surface area contributed by atoms with Crippen LogP contribution in [0, 0.1) is 0 Å². The molecule has 1 aliphatic carbocycles. The minimum atomic E-state index is 0.387. The highest BCUT2D eigenvalue weighted by atomic mass is 32.1. The monoisotopic (exact) mass is 295 g/mol. The SMILES string of the molecule is CCCNC(COCCC)c1cc2c(s1)CCCCC2. The van der Waals surface area contributed by atoms with Crippen molar-refractivity contribution in [1.82, 2.24) is 5.32 Å². The van der Waals surface area contributed by atoms with Crippen molar-refractivity contribution >= 4 is 11.3 Å². The molecule has 0 fully saturated rings. The molecular formula is C17H29NOS. The number of fused-ring (bicyclic) bond motifs is 1. The Morgan fingerprint density at radius 1 is 1.20 bits per heavy atom. The van der Waals surface area contributed by atoms with Gasteiger partial charge in [-0.25, -0.2) is 0 Å². The van der Waals surface area contributed by atoms with Gasteiger partial charge in [-0.2, -0.15) is 0 Å². The molecule has 0 spiro atoms. The van der Waals surface area contributed by atoms with E-state index in [0.29, 0.717) is 6.04 Å². The number of hydrogen-bond acceptors (Lipinski definition) is 3. The van der Waals surface area contributed by atoms with E-state index in [4.69, 9.17) is 4.74 Å². The summed E-state index contributed by atoms with van der Waals surface area (Å²) in [6.45, 7) is 7.15. The summed E-state index contributed by atoms with van der Waals surface area (Å²) in [5, 5.41) is 3.65. The fraction of sp³-hybridized carbons (Fsp3) is 0.765. The van der Waals surface area contributed by atoms with Crippen LogP contribution in [0.1, 0.15) is 67.3 Å². The second kappa shape index (κ2) is 8.81. The van der Waals surface area contributed by atoms with Crippen LogP contribution in [0.2, 0.25) is 0 Å². The first-order valence-electron chi connectivity index (χ1n) is 8.27. The molecule has 20 heavy (non-hydrogen) atoms. The normalized spacial score (nSPS) is 16.7. The molecule has 0 saturated carbocycles. The molecule has 0 aromatic carbocycles. The molecule has 1 aromatic heterocycles. The number of aryl methyl sites for hydroxylation is 2. The lowest BCUT2D eigenvalue weighted by atomic mass is 10.1. The third-order valence-corrected chi connectivity index (χ3v) is 5.23. The van der Waals surface area contributed by atoms with Gasteiger partial charge in [-0.3, -0.25) is 0 Å². The van der Waals surface area contributed by atoms with Gasteiger partial charge in [-0.1, -0.05) is 20.3 Å². The summed E-state index contributed by atoms with van der Waals surface area (Å²) in [6.07, 6.45) is 8.97. The lowest BCUT2D eigenvalue weighted by molar-refractivity contribution is 0.113. The fourth-order valence-electron chi connectivity index (χ4n) is 2.77. The van der Waals surface area contributed by atoms with Crippen LogP contribution in [-0.2, 0) is 17.6 Å². The van der Waals surface area contributed by atoms with Crippen LogP contribution in [0.4, 0.5) is 0 Å². The highest BCUT2D eigenvalue weighted by molar-refractivity contribution is 7.12. The Morgan fingerprint density at radius 2 is 2.05 bits per heavy atom. The molecule has 0 saturated heterocycles. The lowest BCUT2D eigenvalue weighted by Gasteiger charge is -2.17. The van der Waals surface area contributed by atoms with Gasteiger partial charge in [0.15, 0.2) is 0 Å². The van der Waals surface area contributed by atoms with Crippen molar-refractivity contribution in [2.45, 2.75) is 64.8 Å². The molecular weight excluding hydrogens is 266 g/mol. The van der Waals surface area contributed by atoms with E-state index in [1.54, 1.807) is 10.4 Å². The molecule has 1 aliphatic rings. The smallest absolute Gasteiger partial charge is 0.0669 e. The molecule has 0 aliphatic heterocycles. The minimum absolute atomic E-state index is 0.387. The quantitative estimate of drug-likeness (QED) is 0.564. The fourth-order valence-corrected chi connectivity index (χ4v) is 4.09. The van der Waals surface area contributed by atoms with Crippen LogP contribution in [0.25, 0.3) is 0 Å². The van der Waals surface area contributed by atoms with Crippen molar-refractivity contribution in [1.29, 1.82) is 0 Å². The van der Waals surface area contributed by atoms with Gasteiger partial charge in [0.25, 0.3) is 0 Å². The Labute approximate surface area is 127 Å². The Morgan fingerprint density at radius 3 is 2.85 bits per heavy atom. The Bertz CT molecular complexity index is 365. The van der Waals surface area contributed by atoms with Gasteiger partial charge in [0.2, 0.25) is 0 Å². The van der Waals surface area contributed by atoms with E-state index in [-0.39, 0.29) is 0 Å². The Hall–Kier alpha value is -0.380. The average molecular weight is 295 g/mol. The first-order valence-corrected chi connectivity index (χ1v) is 9.09. The van der Waals surface area contributed by atoms with Gasteiger partial charge in [0.05, 0.1) is 12.6 Å². The standard InChI is InChI=1S/C17H29NOS/c1-3-10-18-15(13-19-11-4-2)17-12-14-8-6-5-7-9-16(14)20-17/h12,15,18H,3-11,13H2,1-2H3. The summed E-state index contributed by atoms with van der Waals surface area (Å²) in [5.74, 6) is 0. The van der Waals surface area contributed by atoms with E-state index in [2.05, 4.69) is 25.2 Å². The molecule has 114 valence electrons. The van der Waals surface area contributed by atoms with E-state index in [1.807, 2.05) is 11.3 Å². The second-order valence-corrected chi connectivity index (χ2v) is 6.91. The first kappa shape index (κ1) is 16.0.